The van der Waals surface area contributed by atoms with Crippen LogP contribution in [0.2, 0.25) is 0 Å². The molecule has 0 heterocycles. The van der Waals surface area contributed by atoms with Crippen molar-refractivity contribution >= 4 is 6.08 Å². The zero-order valence-corrected chi connectivity index (χ0v) is 12.2. The molecule has 3 rings (SSSR count). The molecule has 2 aliphatic rings. The van der Waals surface area contributed by atoms with Crippen molar-refractivity contribution in [2.24, 2.45) is 5.92 Å². The van der Waals surface area contributed by atoms with Crippen molar-refractivity contribution in [1.29, 1.82) is 0 Å². The van der Waals surface area contributed by atoms with Crippen LogP contribution in [0.15, 0.2) is 42.0 Å². The summed E-state index contributed by atoms with van der Waals surface area (Å²) in [6.45, 7) is 4.71. The van der Waals surface area contributed by atoms with E-state index in [0.29, 0.717) is 11.3 Å². The fourth-order valence-corrected chi connectivity index (χ4v) is 4.09. The van der Waals surface area contributed by atoms with Crippen LogP contribution in [0.4, 0.5) is 0 Å². The first-order valence-electron chi connectivity index (χ1n) is 7.80. The summed E-state index contributed by atoms with van der Waals surface area (Å²) in [5.74, 6) is 0.668. The summed E-state index contributed by atoms with van der Waals surface area (Å²) in [6, 6.07) is 9.00. The van der Waals surface area contributed by atoms with Gasteiger partial charge in [0.15, 0.2) is 0 Å². The van der Waals surface area contributed by atoms with E-state index in [1.807, 2.05) is 0 Å². The minimum atomic E-state index is 0.295. The van der Waals surface area contributed by atoms with Crippen LogP contribution in [0.1, 0.15) is 57.1 Å². The molecule has 0 nitrogen and oxygen atoms in total. The molecule has 1 aromatic carbocycles. The average Bonchev–Trinajstić information content (AvgIpc) is 2.83. The summed E-state index contributed by atoms with van der Waals surface area (Å²) >= 11 is 0. The van der Waals surface area contributed by atoms with Crippen LogP contribution >= 0.6 is 0 Å². The van der Waals surface area contributed by atoms with Gasteiger partial charge in [-0.05, 0) is 49.1 Å². The van der Waals surface area contributed by atoms with Crippen molar-refractivity contribution < 1.29 is 0 Å². The van der Waals surface area contributed by atoms with E-state index in [9.17, 15) is 0 Å². The number of hydrogen-bond donors (Lipinski definition) is 0. The van der Waals surface area contributed by atoms with Gasteiger partial charge in [-0.2, -0.15) is 0 Å². The van der Waals surface area contributed by atoms with Gasteiger partial charge in [-0.1, -0.05) is 61.9 Å². The zero-order valence-electron chi connectivity index (χ0n) is 12.2. The molecule has 1 aromatic rings. The summed E-state index contributed by atoms with van der Waals surface area (Å²) in [5, 5.41) is 0. The van der Waals surface area contributed by atoms with E-state index in [2.05, 4.69) is 56.3 Å². The standard InChI is InChI=1S/C19H24/c1-3-19(4-2)17-13-9-8-12-16(17)14-18(19)15-10-6-5-7-11-15/h6,8-10,12-15H,3-5,7,11H2,1-2H3. The number of hydrogen-bond acceptors (Lipinski definition) is 0. The Balaban J connectivity index is 2.09. The van der Waals surface area contributed by atoms with E-state index in [1.54, 1.807) is 11.1 Å². The van der Waals surface area contributed by atoms with Crippen molar-refractivity contribution in [3.8, 4) is 0 Å². The summed E-state index contributed by atoms with van der Waals surface area (Å²) in [5.41, 5.74) is 4.99. The molecule has 0 heteroatoms. The second-order valence-electron chi connectivity index (χ2n) is 5.94. The Labute approximate surface area is 117 Å². The lowest BCUT2D eigenvalue weighted by atomic mass is 9.68. The molecule has 2 aliphatic carbocycles. The lowest BCUT2D eigenvalue weighted by Gasteiger charge is -2.36. The average molecular weight is 252 g/mol. The number of fused-ring (bicyclic) bond motifs is 1. The second-order valence-corrected chi connectivity index (χ2v) is 5.94. The molecule has 1 unspecified atom stereocenters. The molecular weight excluding hydrogens is 228 g/mol. The Morgan fingerprint density at radius 1 is 1.16 bits per heavy atom. The lowest BCUT2D eigenvalue weighted by Crippen LogP contribution is -2.28. The van der Waals surface area contributed by atoms with E-state index in [1.165, 1.54) is 37.7 Å². The molecule has 0 saturated heterocycles. The molecule has 19 heavy (non-hydrogen) atoms. The molecule has 0 radical (unpaired) electrons. The molecular formula is C19H24. The maximum atomic E-state index is 2.49. The molecule has 0 N–H and O–H groups in total. The smallest absolute Gasteiger partial charge is 0.0171 e. The maximum absolute atomic E-state index is 2.49. The fourth-order valence-electron chi connectivity index (χ4n) is 4.09. The molecule has 0 aliphatic heterocycles. The van der Waals surface area contributed by atoms with Crippen molar-refractivity contribution in [3.05, 3.63) is 53.1 Å². The van der Waals surface area contributed by atoms with Gasteiger partial charge in [0.1, 0.15) is 0 Å². The monoisotopic (exact) mass is 252 g/mol. The molecule has 0 saturated carbocycles. The Bertz CT molecular complexity index is 515. The molecule has 0 bridgehead atoms. The molecule has 0 spiro atoms. The third kappa shape index (κ3) is 1.89. The molecule has 0 aromatic heterocycles. The SMILES string of the molecule is CCC1(CC)C(C2C=CCCC2)=Cc2ccccc21. The summed E-state index contributed by atoms with van der Waals surface area (Å²) in [7, 11) is 0. The lowest BCUT2D eigenvalue weighted by molar-refractivity contribution is 0.424. The summed E-state index contributed by atoms with van der Waals surface area (Å²) in [4.78, 5) is 0. The largest absolute Gasteiger partial charge is 0.0879 e. The topological polar surface area (TPSA) is 0 Å². The maximum Gasteiger partial charge on any atom is 0.0171 e. The minimum absolute atomic E-state index is 0.295. The van der Waals surface area contributed by atoms with E-state index in [-0.39, 0.29) is 0 Å². The highest BCUT2D eigenvalue weighted by Crippen LogP contribution is 2.51. The molecule has 0 fully saturated rings. The van der Waals surface area contributed by atoms with E-state index in [4.69, 9.17) is 0 Å². The van der Waals surface area contributed by atoms with Gasteiger partial charge in [-0.3, -0.25) is 0 Å². The highest BCUT2D eigenvalue weighted by molar-refractivity contribution is 5.70. The van der Waals surface area contributed by atoms with Crippen LogP contribution in [-0.4, -0.2) is 0 Å². The number of allylic oxidation sites excluding steroid dienone is 3. The summed E-state index contributed by atoms with van der Waals surface area (Å²) in [6.07, 6.45) is 13.7. The van der Waals surface area contributed by atoms with Crippen molar-refractivity contribution in [2.75, 3.05) is 0 Å². The number of benzene rings is 1. The van der Waals surface area contributed by atoms with Crippen molar-refractivity contribution in [3.63, 3.8) is 0 Å². The highest BCUT2D eigenvalue weighted by Gasteiger charge is 2.40. The van der Waals surface area contributed by atoms with Gasteiger partial charge in [0, 0.05) is 5.41 Å². The summed E-state index contributed by atoms with van der Waals surface area (Å²) < 4.78 is 0. The first-order chi connectivity index (χ1) is 9.31. The third-order valence-electron chi connectivity index (χ3n) is 5.20. The first-order valence-corrected chi connectivity index (χ1v) is 7.80. The van der Waals surface area contributed by atoms with Gasteiger partial charge >= 0.3 is 0 Å². The second kappa shape index (κ2) is 5.00. The van der Waals surface area contributed by atoms with Gasteiger partial charge < -0.3 is 0 Å². The van der Waals surface area contributed by atoms with Gasteiger partial charge in [-0.25, -0.2) is 0 Å². The van der Waals surface area contributed by atoms with Crippen LogP contribution < -0.4 is 0 Å². The predicted molar refractivity (Wildman–Crippen MR) is 83.2 cm³/mol. The zero-order chi connectivity index (χ0) is 13.3. The van der Waals surface area contributed by atoms with E-state index < -0.39 is 0 Å². The predicted octanol–water partition coefficient (Wildman–Crippen LogP) is 5.50. The van der Waals surface area contributed by atoms with Crippen LogP contribution in [0.25, 0.3) is 6.08 Å². The highest BCUT2D eigenvalue weighted by atomic mass is 14.4. The van der Waals surface area contributed by atoms with Crippen LogP contribution in [-0.2, 0) is 5.41 Å². The van der Waals surface area contributed by atoms with Gasteiger partial charge in [0.2, 0.25) is 0 Å². The van der Waals surface area contributed by atoms with Gasteiger partial charge in [0.25, 0.3) is 0 Å². The van der Waals surface area contributed by atoms with Crippen LogP contribution in [0, 0.1) is 5.92 Å². The Kier molecular flexibility index (Phi) is 3.35. The minimum Gasteiger partial charge on any atom is -0.0879 e. The molecule has 0 amide bonds. The van der Waals surface area contributed by atoms with Gasteiger partial charge in [-0.15, -0.1) is 0 Å². The van der Waals surface area contributed by atoms with E-state index >= 15 is 0 Å². The third-order valence-corrected chi connectivity index (χ3v) is 5.20. The number of rotatable bonds is 3. The Morgan fingerprint density at radius 3 is 2.63 bits per heavy atom. The van der Waals surface area contributed by atoms with E-state index in [0.717, 1.165) is 0 Å². The molecule has 1 atom stereocenters. The normalized spacial score (nSPS) is 24.1. The molecule has 100 valence electrons. The van der Waals surface area contributed by atoms with Crippen LogP contribution in [0.5, 0.6) is 0 Å². The Hall–Kier alpha value is -1.30. The van der Waals surface area contributed by atoms with Gasteiger partial charge in [0.05, 0.1) is 0 Å². The van der Waals surface area contributed by atoms with Crippen LogP contribution in [0.3, 0.4) is 0 Å². The van der Waals surface area contributed by atoms with Crippen molar-refractivity contribution in [2.45, 2.75) is 51.4 Å². The van der Waals surface area contributed by atoms with Crippen molar-refractivity contribution in [1.82, 2.24) is 0 Å². The first kappa shape index (κ1) is 12.7. The quantitative estimate of drug-likeness (QED) is 0.623. The fraction of sp³-hybridized carbons (Fsp3) is 0.474. The Morgan fingerprint density at radius 2 is 1.95 bits per heavy atom.